The van der Waals surface area contributed by atoms with E-state index in [0.29, 0.717) is 11.8 Å². The standard InChI is InChI=1S/C29H42N7O10P/c1-16(2)42-13-19(12-37)35-47(41,46-20-9-7-6-8-18(20)10-11-22(38)44-17(3)4)43-14-21-24(39)29(5,40)27(45-21)36-15-32-23-25(30)33-28(31)34-26(23)36/h6-9,12,15-17,19,21,24,27,39-40H,10-11,13-14H2,1-5H3,(H,35,41)(H4,30,31,33,34)/t19-,21-,24-,27-,29-,47?/m1/s1. The number of nitrogens with one attached hydrogen (secondary N) is 1. The molecule has 0 amide bonds. The lowest BCUT2D eigenvalue weighted by Crippen LogP contribution is -2.44. The molecule has 1 aromatic carbocycles. The van der Waals surface area contributed by atoms with Crippen LogP contribution in [-0.4, -0.2) is 91.3 Å². The van der Waals surface area contributed by atoms with E-state index in [1.807, 2.05) is 0 Å². The van der Waals surface area contributed by atoms with Gasteiger partial charge in [-0.3, -0.25) is 13.9 Å². The van der Waals surface area contributed by atoms with E-state index < -0.39 is 50.4 Å². The summed E-state index contributed by atoms with van der Waals surface area (Å²) in [6.45, 7) is 7.65. The maximum atomic E-state index is 14.3. The highest BCUT2D eigenvalue weighted by Gasteiger charge is 2.54. The molecule has 17 nitrogen and oxygen atoms in total. The largest absolute Gasteiger partial charge is 0.463 e. The number of fused-ring (bicyclic) bond motifs is 1. The topological polar surface area (TPSA) is 245 Å². The fraction of sp³-hybridized carbons (Fsp3) is 0.552. The predicted molar refractivity (Wildman–Crippen MR) is 169 cm³/mol. The van der Waals surface area contributed by atoms with Crippen molar-refractivity contribution in [3.8, 4) is 5.75 Å². The minimum absolute atomic E-state index is 0.0109. The van der Waals surface area contributed by atoms with Crippen LogP contribution in [0.4, 0.5) is 11.8 Å². The second kappa shape index (κ2) is 15.0. The molecule has 0 bridgehead atoms. The van der Waals surface area contributed by atoms with Crippen LogP contribution in [0, 0.1) is 0 Å². The Balaban J connectivity index is 1.57. The number of nitrogens with zero attached hydrogens (tertiary/aromatic N) is 4. The van der Waals surface area contributed by atoms with E-state index >= 15 is 0 Å². The van der Waals surface area contributed by atoms with Gasteiger partial charge < -0.3 is 45.2 Å². The number of carbonyl (C=O) groups excluding carboxylic acids is 2. The van der Waals surface area contributed by atoms with E-state index in [0.717, 1.165) is 0 Å². The van der Waals surface area contributed by atoms with Crippen molar-refractivity contribution in [1.82, 2.24) is 24.6 Å². The first kappa shape index (κ1) is 36.1. The van der Waals surface area contributed by atoms with Crippen LogP contribution in [0.5, 0.6) is 5.75 Å². The number of para-hydroxylation sites is 1. The van der Waals surface area contributed by atoms with Gasteiger partial charge in [0.15, 0.2) is 17.7 Å². The Morgan fingerprint density at radius 1 is 1.21 bits per heavy atom. The summed E-state index contributed by atoms with van der Waals surface area (Å²) in [6.07, 6.45) is -2.58. The number of hydrogen-bond acceptors (Lipinski definition) is 15. The first-order chi connectivity index (χ1) is 22.1. The number of anilines is 2. The number of aliphatic hydroxyl groups is 2. The number of hydrogen-bond donors (Lipinski definition) is 5. The molecule has 1 fully saturated rings. The highest BCUT2D eigenvalue weighted by Crippen LogP contribution is 2.48. The first-order valence-corrected chi connectivity index (χ1v) is 16.6. The fourth-order valence-corrected chi connectivity index (χ4v) is 6.36. The lowest BCUT2D eigenvalue weighted by atomic mass is 9.96. The zero-order valence-electron chi connectivity index (χ0n) is 26.8. The zero-order valence-corrected chi connectivity index (χ0v) is 27.7. The number of imidazole rings is 1. The molecule has 258 valence electrons. The number of aliphatic hydroxyl groups excluding tert-OH is 1. The fourth-order valence-electron chi connectivity index (χ4n) is 4.86. The average molecular weight is 680 g/mol. The molecule has 1 unspecified atom stereocenters. The van der Waals surface area contributed by atoms with Gasteiger partial charge >= 0.3 is 13.7 Å². The first-order valence-electron chi connectivity index (χ1n) is 15.0. The number of nitrogen functional groups attached to an aromatic ring is 2. The molecule has 0 radical (unpaired) electrons. The molecule has 18 heteroatoms. The SMILES string of the molecule is CC(C)OC[C@@H](C=O)NP(=O)(OC[C@H]1O[C@@H](n2cnc3c(N)nc(N)nc32)[C@](C)(O)[C@@H]1O)Oc1ccccc1CCC(=O)OC(C)C. The van der Waals surface area contributed by atoms with Gasteiger partial charge in [0.1, 0.15) is 35.4 Å². The summed E-state index contributed by atoms with van der Waals surface area (Å²) in [4.78, 5) is 36.3. The van der Waals surface area contributed by atoms with Gasteiger partial charge in [-0.05, 0) is 52.7 Å². The summed E-state index contributed by atoms with van der Waals surface area (Å²) in [5, 5.41) is 25.0. The number of benzene rings is 1. The minimum atomic E-state index is -4.45. The minimum Gasteiger partial charge on any atom is -0.463 e. The number of aromatic nitrogens is 4. The van der Waals surface area contributed by atoms with Crippen LogP contribution in [0.2, 0.25) is 0 Å². The predicted octanol–water partition coefficient (Wildman–Crippen LogP) is 1.67. The van der Waals surface area contributed by atoms with Gasteiger partial charge in [0.25, 0.3) is 0 Å². The van der Waals surface area contributed by atoms with Gasteiger partial charge in [-0.1, -0.05) is 18.2 Å². The summed E-state index contributed by atoms with van der Waals surface area (Å²) < 4.78 is 44.1. The lowest BCUT2D eigenvalue weighted by Gasteiger charge is -2.27. The van der Waals surface area contributed by atoms with Crippen molar-refractivity contribution in [2.75, 3.05) is 24.7 Å². The Labute approximate surface area is 271 Å². The third-order valence-electron chi connectivity index (χ3n) is 7.14. The van der Waals surface area contributed by atoms with E-state index in [4.69, 9.17) is 34.7 Å². The molecule has 1 saturated heterocycles. The second-order valence-electron chi connectivity index (χ2n) is 11.8. The number of esters is 1. The molecule has 1 aliphatic rings. The van der Waals surface area contributed by atoms with Crippen LogP contribution < -0.4 is 21.1 Å². The maximum absolute atomic E-state index is 14.3. The summed E-state index contributed by atoms with van der Waals surface area (Å²) in [6, 6.07) is 5.46. The van der Waals surface area contributed by atoms with Crippen molar-refractivity contribution in [2.24, 2.45) is 0 Å². The van der Waals surface area contributed by atoms with Crippen LogP contribution >= 0.6 is 7.75 Å². The molecule has 0 spiro atoms. The maximum Gasteiger partial charge on any atom is 0.459 e. The van der Waals surface area contributed by atoms with Crippen molar-refractivity contribution in [3.05, 3.63) is 36.2 Å². The smallest absolute Gasteiger partial charge is 0.459 e. The Hall–Kier alpha value is -3.70. The third kappa shape index (κ3) is 8.81. The summed E-state index contributed by atoms with van der Waals surface area (Å²) >= 11 is 0. The van der Waals surface area contributed by atoms with Crippen LogP contribution in [0.3, 0.4) is 0 Å². The molecule has 2 aromatic heterocycles. The van der Waals surface area contributed by atoms with Crippen molar-refractivity contribution in [1.29, 1.82) is 0 Å². The van der Waals surface area contributed by atoms with Gasteiger partial charge in [-0.25, -0.2) is 9.55 Å². The molecule has 3 aromatic rings. The molecule has 4 rings (SSSR count). The summed E-state index contributed by atoms with van der Waals surface area (Å²) in [5.41, 5.74) is 10.6. The Bertz CT molecular complexity index is 1600. The van der Waals surface area contributed by atoms with Crippen molar-refractivity contribution in [3.63, 3.8) is 0 Å². The molecule has 7 N–H and O–H groups in total. The van der Waals surface area contributed by atoms with Crippen molar-refractivity contribution < 1.29 is 47.6 Å². The van der Waals surface area contributed by atoms with Gasteiger partial charge in [-0.2, -0.15) is 15.1 Å². The van der Waals surface area contributed by atoms with Crippen LogP contribution in [-0.2, 0) is 39.3 Å². The zero-order chi connectivity index (χ0) is 34.5. The number of aldehydes is 1. The van der Waals surface area contributed by atoms with E-state index in [-0.39, 0.29) is 60.3 Å². The number of aryl methyl sites for hydroxylation is 1. The molecular weight excluding hydrogens is 637 g/mol. The van der Waals surface area contributed by atoms with E-state index in [1.54, 1.807) is 45.9 Å². The second-order valence-corrected chi connectivity index (χ2v) is 13.5. The van der Waals surface area contributed by atoms with Crippen LogP contribution in [0.15, 0.2) is 30.6 Å². The van der Waals surface area contributed by atoms with E-state index in [2.05, 4.69) is 20.0 Å². The Morgan fingerprint density at radius 3 is 2.62 bits per heavy atom. The number of ether oxygens (including phenoxy) is 3. The number of rotatable bonds is 16. The van der Waals surface area contributed by atoms with E-state index in [1.165, 1.54) is 23.9 Å². The number of nitrogens with two attached hydrogens (primary N) is 2. The summed E-state index contributed by atoms with van der Waals surface area (Å²) in [5.74, 6) is -0.428. The van der Waals surface area contributed by atoms with Crippen LogP contribution in [0.1, 0.15) is 52.8 Å². The quantitative estimate of drug-likeness (QED) is 0.0821. The van der Waals surface area contributed by atoms with Crippen molar-refractivity contribution in [2.45, 2.75) is 89.7 Å². The molecule has 47 heavy (non-hydrogen) atoms. The average Bonchev–Trinajstić information content (AvgIpc) is 3.50. The third-order valence-corrected chi connectivity index (χ3v) is 8.71. The van der Waals surface area contributed by atoms with Gasteiger partial charge in [0.2, 0.25) is 5.95 Å². The number of carbonyl (C=O) groups is 2. The molecule has 6 atom stereocenters. The van der Waals surface area contributed by atoms with Gasteiger partial charge in [0.05, 0.1) is 37.8 Å². The summed E-state index contributed by atoms with van der Waals surface area (Å²) in [7, 11) is -4.45. The molecule has 0 saturated carbocycles. The van der Waals surface area contributed by atoms with E-state index in [9.17, 15) is 24.4 Å². The van der Waals surface area contributed by atoms with Gasteiger partial charge in [0, 0.05) is 6.42 Å². The molecule has 1 aliphatic heterocycles. The highest BCUT2D eigenvalue weighted by atomic mass is 31.2. The van der Waals surface area contributed by atoms with Crippen molar-refractivity contribution >= 4 is 42.9 Å². The monoisotopic (exact) mass is 679 g/mol. The molecule has 0 aliphatic carbocycles. The highest BCUT2D eigenvalue weighted by molar-refractivity contribution is 7.52. The van der Waals surface area contributed by atoms with Crippen LogP contribution in [0.25, 0.3) is 11.2 Å². The lowest BCUT2D eigenvalue weighted by molar-refractivity contribution is -0.147. The normalized spacial score (nSPS) is 23.2. The van der Waals surface area contributed by atoms with Gasteiger partial charge in [-0.15, -0.1) is 0 Å². The molecule has 3 heterocycles. The Kier molecular flexibility index (Phi) is 11.6. The molecular formula is C29H42N7O10P. The Morgan fingerprint density at radius 2 is 1.94 bits per heavy atom.